The number of imidazole rings is 1. The average Bonchev–Trinajstić information content (AvgIpc) is 2.74. The summed E-state index contributed by atoms with van der Waals surface area (Å²) in [5, 5.41) is 3.50. The van der Waals surface area contributed by atoms with Crippen molar-refractivity contribution in [1.29, 1.82) is 0 Å². The summed E-state index contributed by atoms with van der Waals surface area (Å²) in [5.74, 6) is 1.06. The molecule has 17 heavy (non-hydrogen) atoms. The smallest absolute Gasteiger partial charge is 0.130 e. The Morgan fingerprint density at radius 3 is 2.71 bits per heavy atom. The van der Waals surface area contributed by atoms with Gasteiger partial charge in [0.2, 0.25) is 0 Å². The van der Waals surface area contributed by atoms with E-state index in [-0.39, 0.29) is 6.04 Å². The molecule has 2 aromatic rings. The molecule has 1 aromatic carbocycles. The summed E-state index contributed by atoms with van der Waals surface area (Å²) in [6.45, 7) is 5.18. The first-order valence-corrected chi connectivity index (χ1v) is 6.00. The Labute approximate surface area is 103 Å². The normalized spacial score (nSPS) is 12.6. The van der Waals surface area contributed by atoms with E-state index in [0.29, 0.717) is 0 Å². The summed E-state index contributed by atoms with van der Waals surface area (Å²) in [5.41, 5.74) is 2.59. The maximum absolute atomic E-state index is 4.45. The molecule has 0 bridgehead atoms. The summed E-state index contributed by atoms with van der Waals surface area (Å²) < 4.78 is 2.07. The van der Waals surface area contributed by atoms with Gasteiger partial charge in [-0.2, -0.15) is 0 Å². The third-order valence-corrected chi connectivity index (χ3v) is 3.02. The Balaban J connectivity index is 2.43. The zero-order valence-electron chi connectivity index (χ0n) is 10.6. The topological polar surface area (TPSA) is 29.9 Å². The van der Waals surface area contributed by atoms with Crippen LogP contribution >= 0.6 is 0 Å². The standard InChI is InChI=1S/C14H19N3/c1-4-15-13(14-16-9-10-17(14)3)12-8-6-5-7-11(12)2/h5-10,13,15H,4H2,1-3H3. The lowest BCUT2D eigenvalue weighted by molar-refractivity contribution is 0.575. The van der Waals surface area contributed by atoms with Gasteiger partial charge in [-0.05, 0) is 24.6 Å². The van der Waals surface area contributed by atoms with Gasteiger partial charge in [0.05, 0.1) is 6.04 Å². The van der Waals surface area contributed by atoms with Gasteiger partial charge < -0.3 is 9.88 Å². The molecule has 90 valence electrons. The van der Waals surface area contributed by atoms with Crippen LogP contribution in [0.15, 0.2) is 36.7 Å². The first-order valence-electron chi connectivity index (χ1n) is 6.00. The minimum atomic E-state index is 0.168. The van der Waals surface area contributed by atoms with Crippen LogP contribution in [0.25, 0.3) is 0 Å². The van der Waals surface area contributed by atoms with E-state index in [1.807, 2.05) is 19.4 Å². The van der Waals surface area contributed by atoms with Crippen LogP contribution in [-0.4, -0.2) is 16.1 Å². The highest BCUT2D eigenvalue weighted by Crippen LogP contribution is 2.23. The zero-order chi connectivity index (χ0) is 12.3. The molecule has 3 heteroatoms. The summed E-state index contributed by atoms with van der Waals surface area (Å²) in [4.78, 5) is 4.45. The van der Waals surface area contributed by atoms with Crippen LogP contribution in [0.2, 0.25) is 0 Å². The molecule has 0 amide bonds. The van der Waals surface area contributed by atoms with Crippen LogP contribution in [-0.2, 0) is 7.05 Å². The molecular formula is C14H19N3. The summed E-state index contributed by atoms with van der Waals surface area (Å²) in [7, 11) is 2.03. The van der Waals surface area contributed by atoms with Crippen LogP contribution in [0.5, 0.6) is 0 Å². The Bertz CT molecular complexity index is 488. The monoisotopic (exact) mass is 229 g/mol. The highest BCUT2D eigenvalue weighted by molar-refractivity contribution is 5.32. The molecule has 0 spiro atoms. The molecule has 1 atom stereocenters. The third-order valence-electron chi connectivity index (χ3n) is 3.02. The van der Waals surface area contributed by atoms with Gasteiger partial charge in [0.25, 0.3) is 0 Å². The molecule has 0 saturated carbocycles. The molecule has 0 radical (unpaired) electrons. The van der Waals surface area contributed by atoms with Crippen molar-refractivity contribution < 1.29 is 0 Å². The van der Waals surface area contributed by atoms with Crippen molar-refractivity contribution in [3.8, 4) is 0 Å². The minimum Gasteiger partial charge on any atom is -0.336 e. The second-order valence-electron chi connectivity index (χ2n) is 4.24. The quantitative estimate of drug-likeness (QED) is 0.872. The minimum absolute atomic E-state index is 0.168. The number of hydrogen-bond acceptors (Lipinski definition) is 2. The van der Waals surface area contributed by atoms with E-state index >= 15 is 0 Å². The fourth-order valence-electron chi connectivity index (χ4n) is 2.11. The van der Waals surface area contributed by atoms with Gasteiger partial charge >= 0.3 is 0 Å². The Hall–Kier alpha value is -1.61. The number of nitrogens with one attached hydrogen (secondary N) is 1. The predicted octanol–water partition coefficient (Wildman–Crippen LogP) is 2.43. The summed E-state index contributed by atoms with van der Waals surface area (Å²) in [6.07, 6.45) is 3.83. The molecule has 1 aromatic heterocycles. The highest BCUT2D eigenvalue weighted by atomic mass is 15.1. The van der Waals surface area contributed by atoms with Crippen molar-refractivity contribution in [2.45, 2.75) is 19.9 Å². The lowest BCUT2D eigenvalue weighted by Gasteiger charge is -2.20. The van der Waals surface area contributed by atoms with E-state index in [1.54, 1.807) is 0 Å². The first-order chi connectivity index (χ1) is 8.24. The molecule has 0 saturated heterocycles. The van der Waals surface area contributed by atoms with Crippen molar-refractivity contribution in [2.75, 3.05) is 6.54 Å². The van der Waals surface area contributed by atoms with Crippen molar-refractivity contribution >= 4 is 0 Å². The van der Waals surface area contributed by atoms with Gasteiger partial charge in [-0.1, -0.05) is 31.2 Å². The molecule has 3 nitrogen and oxygen atoms in total. The third kappa shape index (κ3) is 2.39. The zero-order valence-corrected chi connectivity index (χ0v) is 10.6. The Kier molecular flexibility index (Phi) is 3.59. The number of aryl methyl sites for hydroxylation is 2. The highest BCUT2D eigenvalue weighted by Gasteiger charge is 2.18. The predicted molar refractivity (Wildman–Crippen MR) is 69.9 cm³/mol. The number of rotatable bonds is 4. The molecule has 0 aliphatic carbocycles. The van der Waals surface area contributed by atoms with E-state index < -0.39 is 0 Å². The van der Waals surface area contributed by atoms with Crippen molar-refractivity contribution in [2.24, 2.45) is 7.05 Å². The van der Waals surface area contributed by atoms with Crippen molar-refractivity contribution in [3.05, 3.63) is 53.6 Å². The summed E-state index contributed by atoms with van der Waals surface area (Å²) in [6, 6.07) is 8.62. The maximum atomic E-state index is 4.45. The summed E-state index contributed by atoms with van der Waals surface area (Å²) >= 11 is 0. The average molecular weight is 229 g/mol. The van der Waals surface area contributed by atoms with Crippen molar-refractivity contribution in [3.63, 3.8) is 0 Å². The van der Waals surface area contributed by atoms with Crippen LogP contribution in [0.4, 0.5) is 0 Å². The fraction of sp³-hybridized carbons (Fsp3) is 0.357. The van der Waals surface area contributed by atoms with Crippen LogP contribution < -0.4 is 5.32 Å². The molecule has 1 heterocycles. The second kappa shape index (κ2) is 5.15. The number of aromatic nitrogens is 2. The number of nitrogens with zero attached hydrogens (tertiary/aromatic N) is 2. The van der Waals surface area contributed by atoms with Crippen LogP contribution in [0, 0.1) is 6.92 Å². The molecular weight excluding hydrogens is 210 g/mol. The van der Waals surface area contributed by atoms with E-state index in [1.165, 1.54) is 11.1 Å². The van der Waals surface area contributed by atoms with Gasteiger partial charge in [-0.3, -0.25) is 0 Å². The molecule has 1 N–H and O–H groups in total. The SMILES string of the molecule is CCNC(c1ccccc1C)c1nccn1C. The van der Waals surface area contributed by atoms with Gasteiger partial charge in [-0.25, -0.2) is 4.98 Å². The lowest BCUT2D eigenvalue weighted by atomic mass is 10.0. The van der Waals surface area contributed by atoms with Gasteiger partial charge in [0.15, 0.2) is 0 Å². The molecule has 0 fully saturated rings. The molecule has 1 unspecified atom stereocenters. The Morgan fingerprint density at radius 1 is 1.35 bits per heavy atom. The van der Waals surface area contributed by atoms with E-state index in [0.717, 1.165) is 12.4 Å². The second-order valence-corrected chi connectivity index (χ2v) is 4.24. The fourth-order valence-corrected chi connectivity index (χ4v) is 2.11. The largest absolute Gasteiger partial charge is 0.336 e. The maximum Gasteiger partial charge on any atom is 0.130 e. The van der Waals surface area contributed by atoms with E-state index in [4.69, 9.17) is 0 Å². The van der Waals surface area contributed by atoms with E-state index in [2.05, 4.69) is 53.0 Å². The van der Waals surface area contributed by atoms with Gasteiger partial charge in [0.1, 0.15) is 5.82 Å². The van der Waals surface area contributed by atoms with Crippen molar-refractivity contribution in [1.82, 2.24) is 14.9 Å². The van der Waals surface area contributed by atoms with E-state index in [9.17, 15) is 0 Å². The van der Waals surface area contributed by atoms with Gasteiger partial charge in [0, 0.05) is 19.4 Å². The first kappa shape index (κ1) is 11.9. The lowest BCUT2D eigenvalue weighted by Crippen LogP contribution is -2.25. The molecule has 0 aliphatic heterocycles. The Morgan fingerprint density at radius 2 is 2.12 bits per heavy atom. The van der Waals surface area contributed by atoms with Gasteiger partial charge in [-0.15, -0.1) is 0 Å². The van der Waals surface area contributed by atoms with Crippen LogP contribution in [0.1, 0.15) is 29.9 Å². The number of benzene rings is 1. The number of hydrogen-bond donors (Lipinski definition) is 1. The molecule has 2 rings (SSSR count). The molecule has 0 aliphatic rings. The van der Waals surface area contributed by atoms with Crippen LogP contribution in [0.3, 0.4) is 0 Å².